The smallest absolute Gasteiger partial charge is 0.233 e. The summed E-state index contributed by atoms with van der Waals surface area (Å²) in [6.07, 6.45) is 2.27. The number of aryl methyl sites for hydroxylation is 2. The molecule has 7 heteroatoms. The number of aromatic nitrogens is 3. The molecule has 164 valence electrons. The van der Waals surface area contributed by atoms with Crippen LogP contribution < -0.4 is 0 Å². The standard InChI is InChI=1S/C25H26N4O2S/c1-18-11-12-22(19(2)14-18)29-23(15-20-8-5-4-6-9-20)26-27-25(29)32-17-24(30)28(3)16-21-10-7-13-31-21/h4-14H,15-17H2,1-3H3. The fourth-order valence-electron chi connectivity index (χ4n) is 3.55. The molecule has 0 spiro atoms. The molecule has 0 unspecified atom stereocenters. The van der Waals surface area contributed by atoms with Crippen molar-refractivity contribution in [1.29, 1.82) is 0 Å². The van der Waals surface area contributed by atoms with Crippen molar-refractivity contribution in [3.8, 4) is 5.69 Å². The van der Waals surface area contributed by atoms with Crippen LogP contribution in [0.3, 0.4) is 0 Å². The summed E-state index contributed by atoms with van der Waals surface area (Å²) in [5.74, 6) is 1.88. The van der Waals surface area contributed by atoms with E-state index in [4.69, 9.17) is 4.42 Å². The maximum Gasteiger partial charge on any atom is 0.233 e. The van der Waals surface area contributed by atoms with Crippen molar-refractivity contribution in [3.63, 3.8) is 0 Å². The van der Waals surface area contributed by atoms with Crippen molar-refractivity contribution in [1.82, 2.24) is 19.7 Å². The highest BCUT2D eigenvalue weighted by Crippen LogP contribution is 2.26. The van der Waals surface area contributed by atoms with Gasteiger partial charge in [0, 0.05) is 13.5 Å². The van der Waals surface area contributed by atoms with Gasteiger partial charge in [-0.25, -0.2) is 0 Å². The van der Waals surface area contributed by atoms with Crippen molar-refractivity contribution in [2.75, 3.05) is 12.8 Å². The SMILES string of the molecule is Cc1ccc(-n2c(Cc3ccccc3)nnc2SCC(=O)N(C)Cc2ccco2)c(C)c1. The van der Waals surface area contributed by atoms with Crippen molar-refractivity contribution in [3.05, 3.63) is 95.2 Å². The number of carbonyl (C=O) groups is 1. The number of benzene rings is 2. The number of hydrogen-bond acceptors (Lipinski definition) is 5. The van der Waals surface area contributed by atoms with E-state index >= 15 is 0 Å². The van der Waals surface area contributed by atoms with Crippen LogP contribution >= 0.6 is 11.8 Å². The van der Waals surface area contributed by atoms with Crippen LogP contribution in [0.2, 0.25) is 0 Å². The molecule has 2 aromatic heterocycles. The Morgan fingerprint density at radius 3 is 2.59 bits per heavy atom. The largest absolute Gasteiger partial charge is 0.467 e. The zero-order chi connectivity index (χ0) is 22.5. The molecule has 2 heterocycles. The summed E-state index contributed by atoms with van der Waals surface area (Å²) in [5, 5.41) is 9.64. The summed E-state index contributed by atoms with van der Waals surface area (Å²) >= 11 is 1.40. The molecule has 0 saturated carbocycles. The Labute approximate surface area is 192 Å². The van der Waals surface area contributed by atoms with Crippen LogP contribution in [-0.2, 0) is 17.8 Å². The third-order valence-electron chi connectivity index (χ3n) is 5.22. The van der Waals surface area contributed by atoms with Gasteiger partial charge in [-0.2, -0.15) is 0 Å². The molecule has 2 aromatic carbocycles. The van der Waals surface area contributed by atoms with E-state index in [2.05, 4.69) is 58.9 Å². The average Bonchev–Trinajstić information content (AvgIpc) is 3.43. The van der Waals surface area contributed by atoms with Gasteiger partial charge in [0.15, 0.2) is 5.16 Å². The van der Waals surface area contributed by atoms with E-state index in [1.165, 1.54) is 17.3 Å². The van der Waals surface area contributed by atoms with Crippen LogP contribution in [0.25, 0.3) is 5.69 Å². The lowest BCUT2D eigenvalue weighted by Crippen LogP contribution is -2.27. The quantitative estimate of drug-likeness (QED) is 0.363. The number of carbonyl (C=O) groups excluding carboxylic acids is 1. The van der Waals surface area contributed by atoms with Crippen LogP contribution in [0.5, 0.6) is 0 Å². The van der Waals surface area contributed by atoms with E-state index in [1.807, 2.05) is 30.3 Å². The van der Waals surface area contributed by atoms with E-state index in [9.17, 15) is 4.79 Å². The Hall–Kier alpha value is -3.32. The number of nitrogens with zero attached hydrogens (tertiary/aromatic N) is 4. The van der Waals surface area contributed by atoms with Gasteiger partial charge in [0.05, 0.1) is 24.2 Å². The normalized spacial score (nSPS) is 11.0. The molecule has 6 nitrogen and oxygen atoms in total. The summed E-state index contributed by atoms with van der Waals surface area (Å²) in [7, 11) is 1.78. The number of furan rings is 1. The predicted molar refractivity (Wildman–Crippen MR) is 126 cm³/mol. The fourth-order valence-corrected chi connectivity index (χ4v) is 4.45. The molecule has 4 rings (SSSR count). The van der Waals surface area contributed by atoms with E-state index < -0.39 is 0 Å². The van der Waals surface area contributed by atoms with Gasteiger partial charge >= 0.3 is 0 Å². The molecule has 1 amide bonds. The highest BCUT2D eigenvalue weighted by atomic mass is 32.2. The Bertz CT molecular complexity index is 1190. The van der Waals surface area contributed by atoms with Crippen LogP contribution in [0.4, 0.5) is 0 Å². The second kappa shape index (κ2) is 9.87. The van der Waals surface area contributed by atoms with Gasteiger partial charge in [-0.1, -0.05) is 59.8 Å². The number of rotatable bonds is 8. The molecule has 0 fully saturated rings. The first kappa shape index (κ1) is 21.9. The van der Waals surface area contributed by atoms with Gasteiger partial charge in [-0.3, -0.25) is 9.36 Å². The van der Waals surface area contributed by atoms with Crippen LogP contribution in [0.15, 0.2) is 76.5 Å². The molecule has 0 atom stereocenters. The Morgan fingerprint density at radius 1 is 1.06 bits per heavy atom. The third-order valence-corrected chi connectivity index (χ3v) is 6.14. The van der Waals surface area contributed by atoms with E-state index in [0.717, 1.165) is 28.4 Å². The summed E-state index contributed by atoms with van der Waals surface area (Å²) in [5.41, 5.74) is 4.54. The molecule has 0 N–H and O–H groups in total. The lowest BCUT2D eigenvalue weighted by molar-refractivity contribution is -0.127. The van der Waals surface area contributed by atoms with Crippen LogP contribution in [-0.4, -0.2) is 38.4 Å². The monoisotopic (exact) mass is 446 g/mol. The lowest BCUT2D eigenvalue weighted by atomic mass is 10.1. The van der Waals surface area contributed by atoms with Gasteiger partial charge in [0.1, 0.15) is 11.6 Å². The lowest BCUT2D eigenvalue weighted by Gasteiger charge is -2.16. The van der Waals surface area contributed by atoms with Crippen LogP contribution in [0.1, 0.15) is 28.3 Å². The zero-order valence-corrected chi connectivity index (χ0v) is 19.3. The molecular weight excluding hydrogens is 420 g/mol. The first-order valence-corrected chi connectivity index (χ1v) is 11.4. The van der Waals surface area contributed by atoms with Crippen molar-refractivity contribution in [2.24, 2.45) is 0 Å². The summed E-state index contributed by atoms with van der Waals surface area (Å²) < 4.78 is 7.43. The van der Waals surface area contributed by atoms with Crippen LogP contribution in [0, 0.1) is 13.8 Å². The molecule has 4 aromatic rings. The topological polar surface area (TPSA) is 64.2 Å². The maximum absolute atomic E-state index is 12.7. The van der Waals surface area contributed by atoms with Gasteiger partial charge in [-0.15, -0.1) is 10.2 Å². The molecule has 0 radical (unpaired) electrons. The Morgan fingerprint density at radius 2 is 1.88 bits per heavy atom. The van der Waals surface area contributed by atoms with Gasteiger partial charge in [-0.05, 0) is 43.2 Å². The first-order valence-electron chi connectivity index (χ1n) is 10.5. The van der Waals surface area contributed by atoms with Crippen molar-refractivity contribution < 1.29 is 9.21 Å². The molecular formula is C25H26N4O2S. The highest BCUT2D eigenvalue weighted by Gasteiger charge is 2.19. The third kappa shape index (κ3) is 5.11. The minimum atomic E-state index is 0.00573. The molecule has 0 saturated heterocycles. The minimum Gasteiger partial charge on any atom is -0.467 e. The molecule has 0 bridgehead atoms. The zero-order valence-electron chi connectivity index (χ0n) is 18.5. The Balaban J connectivity index is 1.58. The molecule has 0 aliphatic carbocycles. The summed E-state index contributed by atoms with van der Waals surface area (Å²) in [4.78, 5) is 14.4. The molecule has 0 aliphatic heterocycles. The molecule has 32 heavy (non-hydrogen) atoms. The van der Waals surface area contributed by atoms with E-state index in [1.54, 1.807) is 18.2 Å². The highest BCUT2D eigenvalue weighted by molar-refractivity contribution is 7.99. The maximum atomic E-state index is 12.7. The minimum absolute atomic E-state index is 0.00573. The van der Waals surface area contributed by atoms with Gasteiger partial charge < -0.3 is 9.32 Å². The number of amides is 1. The second-order valence-electron chi connectivity index (χ2n) is 7.80. The average molecular weight is 447 g/mol. The predicted octanol–water partition coefficient (Wildman–Crippen LogP) is 4.82. The van der Waals surface area contributed by atoms with Crippen molar-refractivity contribution >= 4 is 17.7 Å². The number of hydrogen-bond donors (Lipinski definition) is 0. The van der Waals surface area contributed by atoms with E-state index in [0.29, 0.717) is 18.1 Å². The summed E-state index contributed by atoms with van der Waals surface area (Å²) in [6, 6.07) is 20.2. The first-order chi connectivity index (χ1) is 15.5. The van der Waals surface area contributed by atoms with E-state index in [-0.39, 0.29) is 11.7 Å². The second-order valence-corrected chi connectivity index (χ2v) is 8.75. The fraction of sp³-hybridized carbons (Fsp3) is 0.240. The van der Waals surface area contributed by atoms with Gasteiger partial charge in [0.25, 0.3) is 0 Å². The van der Waals surface area contributed by atoms with Gasteiger partial charge in [0.2, 0.25) is 5.91 Å². The van der Waals surface area contributed by atoms with Crippen molar-refractivity contribution in [2.45, 2.75) is 32.0 Å². The Kier molecular flexibility index (Phi) is 6.75. The number of thioether (sulfide) groups is 1. The molecule has 0 aliphatic rings. The summed E-state index contributed by atoms with van der Waals surface area (Å²) in [6.45, 7) is 4.61.